The highest BCUT2D eigenvalue weighted by atomic mass is 16.3. The lowest BCUT2D eigenvalue weighted by atomic mass is 10.0. The van der Waals surface area contributed by atoms with Crippen LogP contribution in [-0.2, 0) is 6.42 Å². The van der Waals surface area contributed by atoms with Crippen molar-refractivity contribution < 1.29 is 5.11 Å². The first-order valence-corrected chi connectivity index (χ1v) is 5.96. The van der Waals surface area contributed by atoms with Crippen LogP contribution in [0.15, 0.2) is 24.3 Å². The van der Waals surface area contributed by atoms with Gasteiger partial charge in [-0.2, -0.15) is 0 Å². The first-order valence-electron chi connectivity index (χ1n) is 5.96. The number of aliphatic hydroxyl groups excluding tert-OH is 1. The van der Waals surface area contributed by atoms with Gasteiger partial charge in [0.25, 0.3) is 0 Å². The molecule has 0 radical (unpaired) electrons. The van der Waals surface area contributed by atoms with Crippen LogP contribution in [0, 0.1) is 0 Å². The molecular formula is C13H20N2O. The van der Waals surface area contributed by atoms with Gasteiger partial charge in [-0.25, -0.2) is 0 Å². The van der Waals surface area contributed by atoms with E-state index >= 15 is 0 Å². The van der Waals surface area contributed by atoms with E-state index in [9.17, 15) is 5.11 Å². The van der Waals surface area contributed by atoms with Crippen LogP contribution in [0.4, 0.5) is 5.69 Å². The fourth-order valence-corrected chi connectivity index (χ4v) is 2.31. The maximum Gasteiger partial charge on any atom is 0.0601 e. The molecule has 1 aliphatic rings. The molecular weight excluding hydrogens is 200 g/mol. The van der Waals surface area contributed by atoms with Crippen molar-refractivity contribution in [2.45, 2.75) is 18.9 Å². The molecule has 1 aromatic rings. The molecule has 1 heterocycles. The Bertz CT molecular complexity index is 336. The summed E-state index contributed by atoms with van der Waals surface area (Å²) in [4.78, 5) is 2.37. The number of nitrogens with one attached hydrogen (secondary N) is 1. The Balaban J connectivity index is 2.12. The second-order valence-corrected chi connectivity index (χ2v) is 4.35. The first kappa shape index (κ1) is 11.4. The number of anilines is 1. The molecule has 0 amide bonds. The van der Waals surface area contributed by atoms with Crippen LogP contribution < -0.4 is 10.2 Å². The van der Waals surface area contributed by atoms with Crippen molar-refractivity contribution in [2.24, 2.45) is 0 Å². The maximum absolute atomic E-state index is 9.22. The van der Waals surface area contributed by atoms with Gasteiger partial charge in [-0.15, -0.1) is 0 Å². The highest BCUT2D eigenvalue weighted by Gasteiger charge is 2.18. The lowest BCUT2D eigenvalue weighted by Gasteiger charge is -2.33. The molecule has 1 aromatic carbocycles. The quantitative estimate of drug-likeness (QED) is 0.795. The predicted octanol–water partition coefficient (Wildman–Crippen LogP) is 1.02. The molecule has 0 bridgehead atoms. The van der Waals surface area contributed by atoms with Crippen molar-refractivity contribution in [3.05, 3.63) is 29.8 Å². The van der Waals surface area contributed by atoms with Gasteiger partial charge in [0.15, 0.2) is 0 Å². The summed E-state index contributed by atoms with van der Waals surface area (Å²) >= 11 is 0. The van der Waals surface area contributed by atoms with Gasteiger partial charge < -0.3 is 15.3 Å². The van der Waals surface area contributed by atoms with Crippen LogP contribution in [0.3, 0.4) is 0 Å². The van der Waals surface area contributed by atoms with Crippen LogP contribution in [0.2, 0.25) is 0 Å². The van der Waals surface area contributed by atoms with Gasteiger partial charge in [-0.1, -0.05) is 18.2 Å². The van der Waals surface area contributed by atoms with E-state index in [0.29, 0.717) is 0 Å². The van der Waals surface area contributed by atoms with E-state index in [-0.39, 0.29) is 12.6 Å². The molecule has 1 atom stereocenters. The molecule has 0 fully saturated rings. The van der Waals surface area contributed by atoms with E-state index < -0.39 is 0 Å². The summed E-state index contributed by atoms with van der Waals surface area (Å²) in [5.41, 5.74) is 2.77. The second kappa shape index (κ2) is 5.32. The van der Waals surface area contributed by atoms with Gasteiger partial charge in [-0.3, -0.25) is 0 Å². The van der Waals surface area contributed by atoms with Crippen molar-refractivity contribution in [2.75, 3.05) is 31.6 Å². The highest BCUT2D eigenvalue weighted by molar-refractivity contribution is 5.55. The number of aryl methyl sites for hydroxylation is 1. The number of rotatable bonds is 4. The molecule has 0 saturated carbocycles. The Morgan fingerprint density at radius 2 is 2.25 bits per heavy atom. The van der Waals surface area contributed by atoms with Gasteiger partial charge in [0.05, 0.1) is 6.61 Å². The Kier molecular flexibility index (Phi) is 3.80. The Labute approximate surface area is 97.1 Å². The average Bonchev–Trinajstić information content (AvgIpc) is 2.36. The zero-order chi connectivity index (χ0) is 11.4. The normalized spacial score (nSPS) is 17.0. The van der Waals surface area contributed by atoms with E-state index in [1.165, 1.54) is 24.1 Å². The number of fused-ring (bicyclic) bond motifs is 1. The molecule has 16 heavy (non-hydrogen) atoms. The minimum absolute atomic E-state index is 0.158. The number of para-hydroxylation sites is 1. The highest BCUT2D eigenvalue weighted by Crippen LogP contribution is 2.26. The van der Waals surface area contributed by atoms with Crippen molar-refractivity contribution >= 4 is 5.69 Å². The fourth-order valence-electron chi connectivity index (χ4n) is 2.31. The summed E-state index contributed by atoms with van der Waals surface area (Å²) in [7, 11) is 1.90. The third-order valence-electron chi connectivity index (χ3n) is 3.28. The van der Waals surface area contributed by atoms with Crippen molar-refractivity contribution in [1.29, 1.82) is 0 Å². The van der Waals surface area contributed by atoms with Gasteiger partial charge in [-0.05, 0) is 31.5 Å². The number of likely N-dealkylation sites (N-methyl/N-ethyl adjacent to an activating group) is 1. The Hall–Kier alpha value is -1.06. The van der Waals surface area contributed by atoms with Crippen LogP contribution in [0.5, 0.6) is 0 Å². The largest absolute Gasteiger partial charge is 0.395 e. The second-order valence-electron chi connectivity index (χ2n) is 4.35. The molecule has 2 rings (SSSR count). The van der Waals surface area contributed by atoms with E-state index in [1.54, 1.807) is 0 Å². The average molecular weight is 220 g/mol. The van der Waals surface area contributed by atoms with Crippen LogP contribution in [0.25, 0.3) is 0 Å². The number of aliphatic hydroxyl groups is 1. The van der Waals surface area contributed by atoms with Gasteiger partial charge in [0.2, 0.25) is 0 Å². The maximum atomic E-state index is 9.22. The summed E-state index contributed by atoms with van der Waals surface area (Å²) < 4.78 is 0. The van der Waals surface area contributed by atoms with Crippen LogP contribution in [-0.4, -0.2) is 37.9 Å². The van der Waals surface area contributed by atoms with E-state index in [2.05, 4.69) is 34.5 Å². The summed E-state index contributed by atoms with van der Waals surface area (Å²) in [6.07, 6.45) is 2.38. The third kappa shape index (κ3) is 2.36. The summed E-state index contributed by atoms with van der Waals surface area (Å²) in [6.45, 7) is 2.16. The first-order chi connectivity index (χ1) is 7.85. The van der Waals surface area contributed by atoms with Crippen molar-refractivity contribution in [1.82, 2.24) is 5.32 Å². The molecule has 0 aliphatic carbocycles. The standard InChI is InChI=1S/C13H20N2O/c1-14-12(10-16)9-15-8-4-6-11-5-2-3-7-13(11)15/h2-3,5,7,12,14,16H,4,6,8-10H2,1H3. The minimum Gasteiger partial charge on any atom is -0.395 e. The Morgan fingerprint density at radius 1 is 1.44 bits per heavy atom. The molecule has 1 aliphatic heterocycles. The fraction of sp³-hybridized carbons (Fsp3) is 0.538. The van der Waals surface area contributed by atoms with E-state index in [0.717, 1.165) is 13.1 Å². The van der Waals surface area contributed by atoms with Crippen molar-refractivity contribution in [3.63, 3.8) is 0 Å². The van der Waals surface area contributed by atoms with Gasteiger partial charge >= 0.3 is 0 Å². The number of benzene rings is 1. The van der Waals surface area contributed by atoms with Gasteiger partial charge in [0, 0.05) is 24.8 Å². The lowest BCUT2D eigenvalue weighted by molar-refractivity contribution is 0.249. The van der Waals surface area contributed by atoms with E-state index in [1.807, 2.05) is 7.05 Å². The van der Waals surface area contributed by atoms with Crippen molar-refractivity contribution in [3.8, 4) is 0 Å². The molecule has 2 N–H and O–H groups in total. The number of hydrogen-bond donors (Lipinski definition) is 2. The number of nitrogens with zero attached hydrogens (tertiary/aromatic N) is 1. The molecule has 0 spiro atoms. The van der Waals surface area contributed by atoms with E-state index in [4.69, 9.17) is 0 Å². The van der Waals surface area contributed by atoms with Crippen LogP contribution in [0.1, 0.15) is 12.0 Å². The molecule has 3 heteroatoms. The lowest BCUT2D eigenvalue weighted by Crippen LogP contribution is -2.43. The molecule has 88 valence electrons. The summed E-state index contributed by atoms with van der Waals surface area (Å²) in [5.74, 6) is 0. The molecule has 0 saturated heterocycles. The van der Waals surface area contributed by atoms with Gasteiger partial charge in [0.1, 0.15) is 0 Å². The molecule has 1 unspecified atom stereocenters. The summed E-state index contributed by atoms with van der Waals surface area (Å²) in [6, 6.07) is 8.73. The SMILES string of the molecule is CNC(CO)CN1CCCc2ccccc21. The zero-order valence-corrected chi connectivity index (χ0v) is 9.82. The number of hydrogen-bond acceptors (Lipinski definition) is 3. The molecule has 0 aromatic heterocycles. The summed E-state index contributed by atoms with van der Waals surface area (Å²) in [5, 5.41) is 12.4. The smallest absolute Gasteiger partial charge is 0.0601 e. The molecule has 3 nitrogen and oxygen atoms in total. The topological polar surface area (TPSA) is 35.5 Å². The minimum atomic E-state index is 0.158. The monoisotopic (exact) mass is 220 g/mol. The zero-order valence-electron chi connectivity index (χ0n) is 9.82. The Morgan fingerprint density at radius 3 is 3.00 bits per heavy atom. The van der Waals surface area contributed by atoms with Crippen LogP contribution >= 0.6 is 0 Å². The predicted molar refractivity (Wildman–Crippen MR) is 66.9 cm³/mol. The third-order valence-corrected chi connectivity index (χ3v) is 3.28.